The molecule has 1 saturated carbocycles. The van der Waals surface area contributed by atoms with Gasteiger partial charge in [0, 0.05) is 10.4 Å². The Morgan fingerprint density at radius 3 is 2.65 bits per heavy atom. The largest absolute Gasteiger partial charge is 0.297 e. The molecule has 2 rings (SSSR count). The molecule has 0 bridgehead atoms. The molecular weight excluding hydrogens is 270 g/mol. The number of benzene rings is 1. The second-order valence-corrected chi connectivity index (χ2v) is 6.94. The van der Waals surface area contributed by atoms with E-state index in [1.807, 2.05) is 39.0 Å². The van der Waals surface area contributed by atoms with E-state index in [1.54, 1.807) is 0 Å². The minimum atomic E-state index is -0.916. The van der Waals surface area contributed by atoms with Crippen LogP contribution < -0.4 is 0 Å². The number of hydrogen-bond acceptors (Lipinski definition) is 2. The molecule has 1 atom stereocenters. The monoisotopic (exact) mass is 289 g/mol. The van der Waals surface area contributed by atoms with E-state index in [0.29, 0.717) is 17.9 Å². The van der Waals surface area contributed by atoms with E-state index in [1.165, 1.54) is 0 Å². The van der Waals surface area contributed by atoms with Crippen LogP contribution in [0.3, 0.4) is 0 Å². The number of nitrogens with zero attached hydrogens (tertiary/aromatic N) is 1. The Bertz CT molecular complexity index is 585. The van der Waals surface area contributed by atoms with Gasteiger partial charge in [-0.1, -0.05) is 44.0 Å². The molecule has 1 unspecified atom stereocenters. The van der Waals surface area contributed by atoms with Crippen LogP contribution in [0.25, 0.3) is 0 Å². The summed E-state index contributed by atoms with van der Waals surface area (Å²) < 4.78 is 0. The highest BCUT2D eigenvalue weighted by atomic mass is 35.5. The number of Topliss-reactive ketones (excluding diaryl/α,β-unsaturated/α-hetero) is 1. The second-order valence-electron chi connectivity index (χ2n) is 6.53. The number of hydrogen-bond donors (Lipinski definition) is 0. The van der Waals surface area contributed by atoms with Gasteiger partial charge in [-0.05, 0) is 43.4 Å². The van der Waals surface area contributed by atoms with E-state index in [9.17, 15) is 10.1 Å². The molecule has 1 aromatic carbocycles. The Balaban J connectivity index is 2.38. The lowest BCUT2D eigenvalue weighted by molar-refractivity contribution is -0.138. The quantitative estimate of drug-likeness (QED) is 0.805. The predicted molar refractivity (Wildman–Crippen MR) is 80.6 cm³/mol. The maximum absolute atomic E-state index is 12.7. The molecule has 2 nitrogen and oxygen atoms in total. The van der Waals surface area contributed by atoms with Crippen LogP contribution in [0.1, 0.15) is 44.2 Å². The van der Waals surface area contributed by atoms with Crippen molar-refractivity contribution in [2.45, 2.75) is 46.5 Å². The van der Waals surface area contributed by atoms with Crippen LogP contribution in [0.15, 0.2) is 18.2 Å². The molecule has 20 heavy (non-hydrogen) atoms. The van der Waals surface area contributed by atoms with Gasteiger partial charge < -0.3 is 0 Å². The first kappa shape index (κ1) is 15.1. The molecule has 1 aliphatic rings. The molecule has 0 heterocycles. The van der Waals surface area contributed by atoms with E-state index in [-0.39, 0.29) is 5.78 Å². The summed E-state index contributed by atoms with van der Waals surface area (Å²) in [5.41, 5.74) is 0.649. The summed E-state index contributed by atoms with van der Waals surface area (Å²) in [7, 11) is 0. The lowest BCUT2D eigenvalue weighted by Crippen LogP contribution is -2.45. The fraction of sp³-hybridized carbons (Fsp3) is 0.529. The zero-order chi connectivity index (χ0) is 15.0. The van der Waals surface area contributed by atoms with Crippen LogP contribution in [0.4, 0.5) is 0 Å². The molecule has 3 heteroatoms. The Morgan fingerprint density at radius 1 is 1.35 bits per heavy atom. The highest BCUT2D eigenvalue weighted by molar-refractivity contribution is 6.31. The topological polar surface area (TPSA) is 40.9 Å². The van der Waals surface area contributed by atoms with Gasteiger partial charge >= 0.3 is 0 Å². The van der Waals surface area contributed by atoms with E-state index in [0.717, 1.165) is 24.0 Å². The summed E-state index contributed by atoms with van der Waals surface area (Å²) >= 11 is 6.27. The summed E-state index contributed by atoms with van der Waals surface area (Å²) in [4.78, 5) is 12.7. The summed E-state index contributed by atoms with van der Waals surface area (Å²) in [5.74, 6) is 0.0652. The summed E-state index contributed by atoms with van der Waals surface area (Å²) in [6.07, 6.45) is 2.83. The standard InChI is InChI=1S/C17H20ClNO/c1-12-5-6-13(14(18)9-12)10-17(11-19)8-4-7-16(2,3)15(17)20/h5-6,9H,4,7-8,10H2,1-3H3. The van der Waals surface area contributed by atoms with Crippen molar-refractivity contribution < 1.29 is 4.79 Å². The smallest absolute Gasteiger partial charge is 0.158 e. The Hall–Kier alpha value is -1.33. The highest BCUT2D eigenvalue weighted by Gasteiger charge is 2.49. The second kappa shape index (κ2) is 5.22. The Labute approximate surface area is 125 Å². The molecule has 1 fully saturated rings. The predicted octanol–water partition coefficient (Wildman–Crippen LogP) is 4.48. The lowest BCUT2D eigenvalue weighted by Gasteiger charge is -2.39. The minimum absolute atomic E-state index is 0.0652. The van der Waals surface area contributed by atoms with Gasteiger partial charge in [0.05, 0.1) is 6.07 Å². The molecule has 0 aromatic heterocycles. The fourth-order valence-electron chi connectivity index (χ4n) is 3.14. The van der Waals surface area contributed by atoms with E-state index in [4.69, 9.17) is 11.6 Å². The molecule has 0 radical (unpaired) electrons. The third-order valence-corrected chi connectivity index (χ3v) is 4.72. The molecular formula is C17H20ClNO. The van der Waals surface area contributed by atoms with Gasteiger partial charge in [-0.15, -0.1) is 0 Å². The SMILES string of the molecule is Cc1ccc(CC2(C#N)CCCC(C)(C)C2=O)c(Cl)c1. The van der Waals surface area contributed by atoms with Crippen molar-refractivity contribution in [3.63, 3.8) is 0 Å². The first-order chi connectivity index (χ1) is 9.31. The number of carbonyl (C=O) groups excluding carboxylic acids is 1. The minimum Gasteiger partial charge on any atom is -0.297 e. The van der Waals surface area contributed by atoms with Crippen molar-refractivity contribution in [3.8, 4) is 6.07 Å². The van der Waals surface area contributed by atoms with E-state index < -0.39 is 10.8 Å². The van der Waals surface area contributed by atoms with E-state index in [2.05, 4.69) is 6.07 Å². The van der Waals surface area contributed by atoms with Gasteiger partial charge in [0.1, 0.15) is 5.41 Å². The van der Waals surface area contributed by atoms with Gasteiger partial charge in [0.2, 0.25) is 0 Å². The van der Waals surface area contributed by atoms with Crippen molar-refractivity contribution in [3.05, 3.63) is 34.3 Å². The first-order valence-electron chi connectivity index (χ1n) is 7.02. The van der Waals surface area contributed by atoms with Crippen molar-refractivity contribution in [2.24, 2.45) is 10.8 Å². The molecule has 0 amide bonds. The van der Waals surface area contributed by atoms with Gasteiger partial charge in [-0.25, -0.2) is 0 Å². The van der Waals surface area contributed by atoms with Crippen molar-refractivity contribution in [2.75, 3.05) is 0 Å². The summed E-state index contributed by atoms with van der Waals surface area (Å²) in [6, 6.07) is 8.11. The number of nitriles is 1. The average Bonchev–Trinajstić information content (AvgIpc) is 2.38. The van der Waals surface area contributed by atoms with Crippen LogP contribution >= 0.6 is 11.6 Å². The number of ketones is 1. The Kier molecular flexibility index (Phi) is 3.93. The van der Waals surface area contributed by atoms with Crippen molar-refractivity contribution >= 4 is 17.4 Å². The third-order valence-electron chi connectivity index (χ3n) is 4.37. The van der Waals surface area contributed by atoms with Crippen LogP contribution in [0.5, 0.6) is 0 Å². The average molecular weight is 290 g/mol. The number of aryl methyl sites for hydroxylation is 1. The Morgan fingerprint density at radius 2 is 2.05 bits per heavy atom. The lowest BCUT2D eigenvalue weighted by atomic mass is 9.61. The van der Waals surface area contributed by atoms with Gasteiger partial charge in [0.25, 0.3) is 0 Å². The van der Waals surface area contributed by atoms with Gasteiger partial charge in [-0.3, -0.25) is 4.79 Å². The molecule has 0 N–H and O–H groups in total. The van der Waals surface area contributed by atoms with Crippen molar-refractivity contribution in [1.82, 2.24) is 0 Å². The summed E-state index contributed by atoms with van der Waals surface area (Å²) in [5, 5.41) is 10.3. The van der Waals surface area contributed by atoms with Gasteiger partial charge in [0.15, 0.2) is 5.78 Å². The maximum atomic E-state index is 12.7. The number of rotatable bonds is 2. The number of carbonyl (C=O) groups is 1. The zero-order valence-corrected chi connectivity index (χ0v) is 13.0. The van der Waals surface area contributed by atoms with Crippen LogP contribution in [0.2, 0.25) is 5.02 Å². The molecule has 0 aliphatic heterocycles. The summed E-state index contributed by atoms with van der Waals surface area (Å²) in [6.45, 7) is 5.86. The van der Waals surface area contributed by atoms with E-state index >= 15 is 0 Å². The highest BCUT2D eigenvalue weighted by Crippen LogP contribution is 2.45. The molecule has 1 aromatic rings. The zero-order valence-electron chi connectivity index (χ0n) is 12.3. The third kappa shape index (κ3) is 2.60. The number of halogens is 1. The van der Waals surface area contributed by atoms with Crippen LogP contribution in [-0.2, 0) is 11.2 Å². The van der Waals surface area contributed by atoms with Crippen LogP contribution in [-0.4, -0.2) is 5.78 Å². The van der Waals surface area contributed by atoms with Crippen molar-refractivity contribution in [1.29, 1.82) is 5.26 Å². The van der Waals surface area contributed by atoms with Gasteiger partial charge in [-0.2, -0.15) is 5.26 Å². The molecule has 1 aliphatic carbocycles. The molecule has 0 saturated heterocycles. The van der Waals surface area contributed by atoms with Crippen LogP contribution in [0, 0.1) is 29.1 Å². The first-order valence-corrected chi connectivity index (χ1v) is 7.40. The fourth-order valence-corrected chi connectivity index (χ4v) is 3.44. The normalized spacial score (nSPS) is 25.2. The maximum Gasteiger partial charge on any atom is 0.158 e. The molecule has 0 spiro atoms. The molecule has 106 valence electrons.